The quantitative estimate of drug-likeness (QED) is 0.206. The third-order valence-electron chi connectivity index (χ3n) is 4.97. The molecule has 0 aliphatic rings. The van der Waals surface area contributed by atoms with Crippen molar-refractivity contribution in [1.29, 1.82) is 0 Å². The third-order valence-corrected chi connectivity index (χ3v) is 5.77. The van der Waals surface area contributed by atoms with Crippen LogP contribution in [-0.4, -0.2) is 13.3 Å². The number of rotatable bonds is 6. The Morgan fingerprint density at radius 2 is 1.70 bits per heavy atom. The number of aryl methyl sites for hydroxylation is 1. The molecule has 0 aliphatic carbocycles. The van der Waals surface area contributed by atoms with E-state index in [9.17, 15) is 0 Å². The predicted molar refractivity (Wildman–Crippen MR) is 132 cm³/mol. The van der Waals surface area contributed by atoms with Gasteiger partial charge in [-0.25, -0.2) is 0 Å². The molecule has 3 nitrogen and oxygen atoms in total. The summed E-state index contributed by atoms with van der Waals surface area (Å²) >= 11 is 2.29. The van der Waals surface area contributed by atoms with Crippen molar-refractivity contribution in [2.75, 3.05) is 7.11 Å². The molecule has 4 aromatic rings. The SMILES string of the molecule is COc1cc(C=Nc2ccccc2C)cc(I)c1OCc1cccc2ccccc12. The first-order valence-electron chi connectivity index (χ1n) is 9.72. The highest BCUT2D eigenvalue weighted by Gasteiger charge is 2.12. The summed E-state index contributed by atoms with van der Waals surface area (Å²) in [4.78, 5) is 4.63. The van der Waals surface area contributed by atoms with E-state index < -0.39 is 0 Å². The maximum absolute atomic E-state index is 6.21. The first-order valence-corrected chi connectivity index (χ1v) is 10.8. The van der Waals surface area contributed by atoms with Crippen LogP contribution >= 0.6 is 22.6 Å². The van der Waals surface area contributed by atoms with Gasteiger partial charge in [0.1, 0.15) is 6.61 Å². The number of aliphatic imine (C=N–C) groups is 1. The van der Waals surface area contributed by atoms with E-state index in [4.69, 9.17) is 9.47 Å². The minimum atomic E-state index is 0.477. The fraction of sp³-hybridized carbons (Fsp3) is 0.115. The molecular formula is C26H22INO2. The van der Waals surface area contributed by atoms with Crippen LogP contribution in [-0.2, 0) is 6.61 Å². The molecular weight excluding hydrogens is 485 g/mol. The van der Waals surface area contributed by atoms with E-state index in [1.807, 2.05) is 30.5 Å². The minimum Gasteiger partial charge on any atom is -0.493 e. The standard InChI is InChI=1S/C26H22INO2/c1-18-8-3-6-13-24(18)28-16-19-14-23(27)26(25(15-19)29-2)30-17-21-11-7-10-20-9-4-5-12-22(20)21/h3-16H,17H2,1-2H3. The van der Waals surface area contributed by atoms with Crippen molar-refractivity contribution in [3.8, 4) is 11.5 Å². The molecule has 0 spiro atoms. The molecule has 0 heterocycles. The molecule has 0 fully saturated rings. The molecule has 150 valence electrons. The molecule has 0 amide bonds. The Morgan fingerprint density at radius 3 is 2.53 bits per heavy atom. The molecule has 0 aliphatic heterocycles. The van der Waals surface area contributed by atoms with E-state index in [2.05, 4.69) is 89.1 Å². The molecule has 30 heavy (non-hydrogen) atoms. The number of hydrogen-bond acceptors (Lipinski definition) is 3. The van der Waals surface area contributed by atoms with E-state index >= 15 is 0 Å². The normalized spacial score (nSPS) is 11.2. The zero-order chi connectivity index (χ0) is 20.9. The van der Waals surface area contributed by atoms with Gasteiger partial charge in [0.15, 0.2) is 11.5 Å². The maximum Gasteiger partial charge on any atom is 0.174 e. The van der Waals surface area contributed by atoms with Gasteiger partial charge in [-0.15, -0.1) is 0 Å². The van der Waals surface area contributed by atoms with E-state index in [1.165, 1.54) is 10.8 Å². The minimum absolute atomic E-state index is 0.477. The lowest BCUT2D eigenvalue weighted by atomic mass is 10.1. The highest BCUT2D eigenvalue weighted by molar-refractivity contribution is 14.1. The van der Waals surface area contributed by atoms with E-state index in [0.717, 1.165) is 31.7 Å². The second-order valence-corrected chi connectivity index (χ2v) is 8.17. The summed E-state index contributed by atoms with van der Waals surface area (Å²) < 4.78 is 12.8. The van der Waals surface area contributed by atoms with Crippen LogP contribution in [0.4, 0.5) is 5.69 Å². The zero-order valence-electron chi connectivity index (χ0n) is 16.9. The third kappa shape index (κ3) is 4.49. The Labute approximate surface area is 190 Å². The number of ether oxygens (including phenoxy) is 2. The van der Waals surface area contributed by atoms with Crippen molar-refractivity contribution in [3.05, 3.63) is 99.1 Å². The summed E-state index contributed by atoms with van der Waals surface area (Å²) in [6, 6.07) is 26.7. The average molecular weight is 507 g/mol. The molecule has 4 aromatic carbocycles. The first kappa shape index (κ1) is 20.4. The van der Waals surface area contributed by atoms with Crippen LogP contribution in [0.2, 0.25) is 0 Å². The monoisotopic (exact) mass is 507 g/mol. The summed E-state index contributed by atoms with van der Waals surface area (Å²) in [5.41, 5.74) is 4.22. The maximum atomic E-state index is 6.21. The van der Waals surface area contributed by atoms with Gasteiger partial charge in [-0.05, 0) is 75.2 Å². The number of para-hydroxylation sites is 1. The second-order valence-electron chi connectivity index (χ2n) is 7.01. The van der Waals surface area contributed by atoms with E-state index in [0.29, 0.717) is 12.4 Å². The van der Waals surface area contributed by atoms with E-state index in [-0.39, 0.29) is 0 Å². The Kier molecular flexibility index (Phi) is 6.33. The molecule has 0 unspecified atom stereocenters. The fourth-order valence-electron chi connectivity index (χ4n) is 3.38. The van der Waals surface area contributed by atoms with Crippen LogP contribution < -0.4 is 9.47 Å². The van der Waals surface area contributed by atoms with Crippen LogP contribution in [0.15, 0.2) is 83.9 Å². The molecule has 0 N–H and O–H groups in total. The summed E-state index contributed by atoms with van der Waals surface area (Å²) in [5, 5.41) is 2.42. The lowest BCUT2D eigenvalue weighted by Crippen LogP contribution is -2.01. The van der Waals surface area contributed by atoms with Crippen molar-refractivity contribution in [2.45, 2.75) is 13.5 Å². The number of fused-ring (bicyclic) bond motifs is 1. The Balaban J connectivity index is 1.59. The van der Waals surface area contributed by atoms with Gasteiger partial charge in [0.25, 0.3) is 0 Å². The largest absolute Gasteiger partial charge is 0.493 e. The average Bonchev–Trinajstić information content (AvgIpc) is 2.77. The van der Waals surface area contributed by atoms with Crippen LogP contribution in [0.25, 0.3) is 10.8 Å². The molecule has 4 heteroatoms. The van der Waals surface area contributed by atoms with Gasteiger partial charge >= 0.3 is 0 Å². The molecule has 0 radical (unpaired) electrons. The molecule has 0 saturated heterocycles. The van der Waals surface area contributed by atoms with Crippen molar-refractivity contribution >= 4 is 45.3 Å². The van der Waals surface area contributed by atoms with Crippen LogP contribution in [0, 0.1) is 10.5 Å². The van der Waals surface area contributed by atoms with E-state index in [1.54, 1.807) is 7.11 Å². The lowest BCUT2D eigenvalue weighted by Gasteiger charge is -2.14. The smallest absolute Gasteiger partial charge is 0.174 e. The van der Waals surface area contributed by atoms with Crippen LogP contribution in [0.5, 0.6) is 11.5 Å². The molecule has 0 bridgehead atoms. The Morgan fingerprint density at radius 1 is 0.933 bits per heavy atom. The number of halogens is 1. The summed E-state index contributed by atoms with van der Waals surface area (Å²) in [5.74, 6) is 1.45. The fourth-order valence-corrected chi connectivity index (χ4v) is 4.16. The summed E-state index contributed by atoms with van der Waals surface area (Å²) in [7, 11) is 1.67. The van der Waals surface area contributed by atoms with Gasteiger partial charge in [0.2, 0.25) is 0 Å². The molecule has 4 rings (SSSR count). The van der Waals surface area contributed by atoms with Crippen molar-refractivity contribution in [1.82, 2.24) is 0 Å². The van der Waals surface area contributed by atoms with Crippen LogP contribution in [0.3, 0.4) is 0 Å². The van der Waals surface area contributed by atoms with Gasteiger partial charge in [0, 0.05) is 6.21 Å². The Hall–Kier alpha value is -2.86. The predicted octanol–water partition coefficient (Wildman–Crippen LogP) is 7.09. The summed E-state index contributed by atoms with van der Waals surface area (Å²) in [6.45, 7) is 2.53. The highest BCUT2D eigenvalue weighted by Crippen LogP contribution is 2.35. The van der Waals surface area contributed by atoms with Crippen molar-refractivity contribution < 1.29 is 9.47 Å². The van der Waals surface area contributed by atoms with Gasteiger partial charge in [-0.3, -0.25) is 4.99 Å². The van der Waals surface area contributed by atoms with Gasteiger partial charge in [0.05, 0.1) is 16.4 Å². The number of hydrogen-bond donors (Lipinski definition) is 0. The topological polar surface area (TPSA) is 30.8 Å². The second kappa shape index (κ2) is 9.30. The van der Waals surface area contributed by atoms with Crippen LogP contribution in [0.1, 0.15) is 16.7 Å². The van der Waals surface area contributed by atoms with Crippen molar-refractivity contribution in [2.24, 2.45) is 4.99 Å². The van der Waals surface area contributed by atoms with Gasteiger partial charge in [-0.2, -0.15) is 0 Å². The van der Waals surface area contributed by atoms with Crippen molar-refractivity contribution in [3.63, 3.8) is 0 Å². The highest BCUT2D eigenvalue weighted by atomic mass is 127. The number of benzene rings is 4. The first-order chi connectivity index (χ1) is 14.7. The zero-order valence-corrected chi connectivity index (χ0v) is 19.1. The van der Waals surface area contributed by atoms with Gasteiger partial charge in [-0.1, -0.05) is 60.7 Å². The molecule has 0 saturated carbocycles. The molecule has 0 atom stereocenters. The Bertz CT molecular complexity index is 1210. The number of nitrogens with zero attached hydrogens (tertiary/aromatic N) is 1. The lowest BCUT2D eigenvalue weighted by molar-refractivity contribution is 0.283. The van der Waals surface area contributed by atoms with Gasteiger partial charge < -0.3 is 9.47 Å². The number of methoxy groups -OCH3 is 1. The summed E-state index contributed by atoms with van der Waals surface area (Å²) in [6.07, 6.45) is 1.86. The molecule has 0 aromatic heterocycles.